The summed E-state index contributed by atoms with van der Waals surface area (Å²) < 4.78 is 11.6. The molecule has 32 heavy (non-hydrogen) atoms. The van der Waals surface area contributed by atoms with Crippen LogP contribution < -0.4 is 10.9 Å². The van der Waals surface area contributed by atoms with Crippen LogP contribution in [0.5, 0.6) is 0 Å². The summed E-state index contributed by atoms with van der Waals surface area (Å²) in [5.74, 6) is 0.120. The van der Waals surface area contributed by atoms with E-state index in [1.54, 1.807) is 0 Å². The van der Waals surface area contributed by atoms with Gasteiger partial charge in [0, 0.05) is 53.8 Å². The number of nitrogens with one attached hydrogen (secondary N) is 1. The largest absolute Gasteiger partial charge is 0.481 e. The molecular weight excluding hydrogens is 410 g/mol. The van der Waals surface area contributed by atoms with Crippen LogP contribution in [0.4, 0.5) is 0 Å². The summed E-state index contributed by atoms with van der Waals surface area (Å²) in [6.45, 7) is 2.42. The van der Waals surface area contributed by atoms with E-state index in [1.165, 1.54) is 5.56 Å². The predicted molar refractivity (Wildman–Crippen MR) is 121 cm³/mol. The molecule has 7 nitrogen and oxygen atoms in total. The molecule has 0 unspecified atom stereocenters. The average molecular weight is 440 g/mol. The second-order valence-electron chi connectivity index (χ2n) is 8.60. The molecule has 1 aliphatic carbocycles. The lowest BCUT2D eigenvalue weighted by molar-refractivity contribution is -0.137. The van der Waals surface area contributed by atoms with Gasteiger partial charge in [-0.3, -0.25) is 9.59 Å². The van der Waals surface area contributed by atoms with Crippen molar-refractivity contribution in [2.45, 2.75) is 71.1 Å². The molecule has 0 fully saturated rings. The van der Waals surface area contributed by atoms with Crippen molar-refractivity contribution in [2.75, 3.05) is 6.54 Å². The summed E-state index contributed by atoms with van der Waals surface area (Å²) >= 11 is 0. The maximum absolute atomic E-state index is 12.6. The highest BCUT2D eigenvalue weighted by Crippen LogP contribution is 2.35. The molecule has 3 aromatic rings. The number of carbonyl (C=O) groups excluding carboxylic acids is 1. The number of unbranched alkanes of at least 4 members (excludes halogenated alkanes) is 2. The fourth-order valence-electron chi connectivity index (χ4n) is 4.57. The molecule has 4 rings (SSSR count). The second kappa shape index (κ2) is 9.59. The zero-order valence-electron chi connectivity index (χ0n) is 18.4. The van der Waals surface area contributed by atoms with Gasteiger partial charge < -0.3 is 19.3 Å². The Hall–Kier alpha value is -3.09. The highest BCUT2D eigenvalue weighted by Gasteiger charge is 2.20. The molecule has 2 N–H and O–H groups in total. The molecule has 0 atom stereocenters. The first kappa shape index (κ1) is 22.1. The van der Waals surface area contributed by atoms with Crippen molar-refractivity contribution in [1.82, 2.24) is 5.32 Å². The van der Waals surface area contributed by atoms with Crippen LogP contribution in [0.15, 0.2) is 25.8 Å². The minimum Gasteiger partial charge on any atom is -0.481 e. The molecule has 2 heterocycles. The van der Waals surface area contributed by atoms with Crippen molar-refractivity contribution >= 4 is 33.8 Å². The summed E-state index contributed by atoms with van der Waals surface area (Å²) in [5, 5.41) is 13.5. The van der Waals surface area contributed by atoms with Gasteiger partial charge in [-0.1, -0.05) is 6.42 Å². The van der Waals surface area contributed by atoms with Crippen LogP contribution in [0.3, 0.4) is 0 Å². The first-order chi connectivity index (χ1) is 15.4. The Kier molecular flexibility index (Phi) is 6.63. The van der Waals surface area contributed by atoms with Gasteiger partial charge >= 0.3 is 11.6 Å². The van der Waals surface area contributed by atoms with Crippen LogP contribution in [0, 0.1) is 6.92 Å². The lowest BCUT2D eigenvalue weighted by Crippen LogP contribution is -2.25. The van der Waals surface area contributed by atoms with E-state index in [-0.39, 0.29) is 18.7 Å². The number of aryl methyl sites for hydroxylation is 3. The van der Waals surface area contributed by atoms with Gasteiger partial charge in [0.1, 0.15) is 16.9 Å². The van der Waals surface area contributed by atoms with E-state index in [0.717, 1.165) is 66.2 Å². The summed E-state index contributed by atoms with van der Waals surface area (Å²) in [6.07, 6.45) is 7.02. The minimum absolute atomic E-state index is 0.124. The van der Waals surface area contributed by atoms with Crippen molar-refractivity contribution in [2.24, 2.45) is 0 Å². The fraction of sp³-hybridized carbons (Fsp3) is 0.480. The van der Waals surface area contributed by atoms with Crippen LogP contribution >= 0.6 is 0 Å². The number of hydrogen-bond acceptors (Lipinski definition) is 5. The van der Waals surface area contributed by atoms with Gasteiger partial charge in [0.15, 0.2) is 0 Å². The van der Waals surface area contributed by atoms with Crippen molar-refractivity contribution in [3.05, 3.63) is 45.0 Å². The quantitative estimate of drug-likeness (QED) is 0.377. The smallest absolute Gasteiger partial charge is 0.339 e. The van der Waals surface area contributed by atoms with Crippen molar-refractivity contribution in [3.63, 3.8) is 0 Å². The SMILES string of the molecule is Cc1c(CCC(=O)NCCCCCC(=O)O)c(=O)oc2cc3oc4c(c3cc12)CCCC4. The summed E-state index contributed by atoms with van der Waals surface area (Å²) in [7, 11) is 0. The average Bonchev–Trinajstić information content (AvgIpc) is 3.12. The van der Waals surface area contributed by atoms with E-state index in [2.05, 4.69) is 11.4 Å². The van der Waals surface area contributed by atoms with E-state index in [4.69, 9.17) is 13.9 Å². The molecule has 170 valence electrons. The lowest BCUT2D eigenvalue weighted by Gasteiger charge is -2.10. The standard InChI is InChI=1S/C25H29NO6/c1-15-16(10-11-23(27)26-12-6-2-3-9-24(28)29)25(30)32-21-14-22-19(13-18(15)21)17-7-4-5-8-20(17)31-22/h13-14H,2-12H2,1H3,(H,26,27)(H,28,29). The van der Waals surface area contributed by atoms with Crippen LogP contribution in [0.25, 0.3) is 21.9 Å². The van der Waals surface area contributed by atoms with Crippen molar-refractivity contribution in [3.8, 4) is 0 Å². The van der Waals surface area contributed by atoms with Gasteiger partial charge in [0.2, 0.25) is 5.91 Å². The normalized spacial score (nSPS) is 13.4. The van der Waals surface area contributed by atoms with E-state index in [0.29, 0.717) is 30.5 Å². The molecule has 1 amide bonds. The topological polar surface area (TPSA) is 110 Å². The van der Waals surface area contributed by atoms with Crippen molar-refractivity contribution < 1.29 is 23.5 Å². The van der Waals surface area contributed by atoms with Crippen LogP contribution in [-0.4, -0.2) is 23.5 Å². The number of rotatable bonds is 9. The first-order valence-corrected chi connectivity index (χ1v) is 11.4. The van der Waals surface area contributed by atoms with Gasteiger partial charge in [-0.15, -0.1) is 0 Å². The minimum atomic E-state index is -0.799. The molecule has 0 radical (unpaired) electrons. The number of benzene rings is 1. The number of amides is 1. The van der Waals surface area contributed by atoms with Crippen LogP contribution in [0.1, 0.15) is 67.4 Å². The third kappa shape index (κ3) is 4.71. The number of carboxylic acids is 1. The number of carbonyl (C=O) groups is 2. The van der Waals surface area contributed by atoms with Gasteiger partial charge in [0.05, 0.1) is 0 Å². The van der Waals surface area contributed by atoms with Crippen LogP contribution in [-0.2, 0) is 28.9 Å². The Bertz CT molecular complexity index is 1220. The number of aliphatic carboxylic acids is 1. The summed E-state index contributed by atoms with van der Waals surface area (Å²) in [6, 6.07) is 3.88. The van der Waals surface area contributed by atoms with Gasteiger partial charge in [-0.05, 0) is 57.1 Å². The third-order valence-electron chi connectivity index (χ3n) is 6.35. The van der Waals surface area contributed by atoms with E-state index >= 15 is 0 Å². The second-order valence-corrected chi connectivity index (χ2v) is 8.60. The van der Waals surface area contributed by atoms with Gasteiger partial charge in [0.25, 0.3) is 0 Å². The van der Waals surface area contributed by atoms with Gasteiger partial charge in [-0.25, -0.2) is 4.79 Å². The van der Waals surface area contributed by atoms with E-state index in [1.807, 2.05) is 13.0 Å². The lowest BCUT2D eigenvalue weighted by atomic mass is 9.94. The molecule has 0 saturated carbocycles. The molecular formula is C25H29NO6. The predicted octanol–water partition coefficient (Wildman–Crippen LogP) is 4.42. The van der Waals surface area contributed by atoms with E-state index in [9.17, 15) is 14.4 Å². The Morgan fingerprint density at radius 3 is 2.59 bits per heavy atom. The highest BCUT2D eigenvalue weighted by atomic mass is 16.4. The Morgan fingerprint density at radius 1 is 1.00 bits per heavy atom. The Balaban J connectivity index is 1.44. The molecule has 0 saturated heterocycles. The Morgan fingerprint density at radius 2 is 1.78 bits per heavy atom. The highest BCUT2D eigenvalue weighted by molar-refractivity contribution is 5.97. The Labute approximate surface area is 185 Å². The molecule has 0 spiro atoms. The van der Waals surface area contributed by atoms with Gasteiger partial charge in [-0.2, -0.15) is 0 Å². The summed E-state index contributed by atoms with van der Waals surface area (Å²) in [4.78, 5) is 35.3. The maximum atomic E-state index is 12.6. The monoisotopic (exact) mass is 439 g/mol. The third-order valence-corrected chi connectivity index (χ3v) is 6.35. The fourth-order valence-corrected chi connectivity index (χ4v) is 4.57. The zero-order valence-corrected chi connectivity index (χ0v) is 18.4. The summed E-state index contributed by atoms with van der Waals surface area (Å²) in [5.41, 5.74) is 3.52. The molecule has 2 aromatic heterocycles. The zero-order chi connectivity index (χ0) is 22.7. The van der Waals surface area contributed by atoms with E-state index < -0.39 is 11.6 Å². The number of hydrogen-bond donors (Lipinski definition) is 2. The number of fused-ring (bicyclic) bond motifs is 4. The molecule has 1 aromatic carbocycles. The molecule has 7 heteroatoms. The molecule has 1 aliphatic rings. The number of carboxylic acid groups (broad SMARTS) is 1. The molecule has 0 bridgehead atoms. The van der Waals surface area contributed by atoms with Crippen molar-refractivity contribution in [1.29, 1.82) is 0 Å². The van der Waals surface area contributed by atoms with Crippen LogP contribution in [0.2, 0.25) is 0 Å². The first-order valence-electron chi connectivity index (χ1n) is 11.4. The number of furan rings is 1. The molecule has 0 aliphatic heterocycles. The maximum Gasteiger partial charge on any atom is 0.339 e.